The van der Waals surface area contributed by atoms with Gasteiger partial charge in [-0.1, -0.05) is 0 Å². The Labute approximate surface area is 78.0 Å². The maximum atomic E-state index is 4.18. The Morgan fingerprint density at radius 3 is 3.00 bits per heavy atom. The molecule has 0 spiro atoms. The molecule has 0 bridgehead atoms. The number of nitrogens with zero attached hydrogens (tertiary/aromatic N) is 2. The zero-order valence-electron chi connectivity index (χ0n) is 5.84. The monoisotopic (exact) mass is 228 g/mol. The molecule has 0 aliphatic carbocycles. The van der Waals surface area contributed by atoms with Crippen LogP contribution in [0.5, 0.6) is 0 Å². The molecule has 1 aromatic heterocycles. The first-order valence-corrected chi connectivity index (χ1v) is 4.86. The van der Waals surface area contributed by atoms with Gasteiger partial charge in [-0.25, -0.2) is 4.98 Å². The number of hydrogen-bond acceptors (Lipinski definition) is 3. The number of thioether (sulfide) groups is 1. The first kappa shape index (κ1) is 8.57. The summed E-state index contributed by atoms with van der Waals surface area (Å²) in [5.41, 5.74) is 0.689. The topological polar surface area (TPSA) is 25.8 Å². The molecule has 0 aliphatic rings. The van der Waals surface area contributed by atoms with Gasteiger partial charge in [-0.3, -0.25) is 4.98 Å². The molecule has 0 radical (unpaired) electrons. The summed E-state index contributed by atoms with van der Waals surface area (Å²) in [6.07, 6.45) is 5.30. The van der Waals surface area contributed by atoms with Crippen molar-refractivity contribution < 1.29 is 0 Å². The van der Waals surface area contributed by atoms with Crippen molar-refractivity contribution in [2.45, 2.75) is 5.03 Å². The lowest BCUT2D eigenvalue weighted by molar-refractivity contribution is 1.04. The van der Waals surface area contributed by atoms with E-state index in [1.807, 2.05) is 6.26 Å². The van der Waals surface area contributed by atoms with Crippen molar-refractivity contribution in [3.63, 3.8) is 0 Å². The summed E-state index contributed by atoms with van der Waals surface area (Å²) in [4.78, 5) is 10.7. The van der Waals surface area contributed by atoms with Crippen LogP contribution in [-0.2, 0) is 0 Å². The predicted octanol–water partition coefficient (Wildman–Crippen LogP) is 1.90. The van der Waals surface area contributed by atoms with E-state index in [0.29, 0.717) is 5.69 Å². The zero-order valence-corrected chi connectivity index (χ0v) is 8.24. The summed E-state index contributed by atoms with van der Waals surface area (Å²) in [7, 11) is 0. The van der Waals surface area contributed by atoms with Crippen LogP contribution < -0.4 is 0 Å². The second kappa shape index (κ2) is 4.37. The van der Waals surface area contributed by atoms with Gasteiger partial charge in [0.2, 0.25) is 0 Å². The Morgan fingerprint density at radius 2 is 2.36 bits per heavy atom. The average Bonchev–Trinajstić information content (AvgIpc) is 2.06. The van der Waals surface area contributed by atoms with Gasteiger partial charge in [-0.05, 0) is 17.0 Å². The van der Waals surface area contributed by atoms with E-state index in [-0.39, 0.29) is 0 Å². The van der Waals surface area contributed by atoms with Crippen molar-refractivity contribution in [2.75, 3.05) is 6.26 Å². The van der Waals surface area contributed by atoms with Crippen LogP contribution in [0, 0.1) is 10.8 Å². The van der Waals surface area contributed by atoms with Crippen LogP contribution >= 0.6 is 27.7 Å². The van der Waals surface area contributed by atoms with Crippen LogP contribution in [0.2, 0.25) is 0 Å². The highest BCUT2D eigenvalue weighted by atomic mass is 79.9. The van der Waals surface area contributed by atoms with Gasteiger partial charge in [-0.2, -0.15) is 0 Å². The Hall–Kier alpha value is -0.530. The third-order valence-electron chi connectivity index (χ3n) is 0.997. The average molecular weight is 229 g/mol. The molecule has 56 valence electrons. The molecule has 1 heterocycles. The third-order valence-corrected chi connectivity index (χ3v) is 1.81. The first-order chi connectivity index (χ1) is 5.36. The van der Waals surface area contributed by atoms with Gasteiger partial charge < -0.3 is 0 Å². The Bertz CT molecular complexity index is 303. The summed E-state index contributed by atoms with van der Waals surface area (Å²) < 4.78 is 0. The molecule has 1 rings (SSSR count). The maximum Gasteiger partial charge on any atom is 0.133 e. The Kier molecular flexibility index (Phi) is 3.40. The van der Waals surface area contributed by atoms with Crippen LogP contribution in [-0.4, -0.2) is 16.2 Å². The molecular formula is C7H5BrN2S. The molecule has 0 atom stereocenters. The second-order valence-electron chi connectivity index (χ2n) is 1.67. The van der Waals surface area contributed by atoms with Crippen molar-refractivity contribution >= 4 is 27.7 Å². The summed E-state index contributed by atoms with van der Waals surface area (Å²) in [5.74, 6) is 2.76. The highest BCUT2D eigenvalue weighted by molar-refractivity contribution is 9.12. The van der Waals surface area contributed by atoms with Crippen molar-refractivity contribution in [3.8, 4) is 10.8 Å². The van der Waals surface area contributed by atoms with Gasteiger partial charge in [-0.15, -0.1) is 11.8 Å². The van der Waals surface area contributed by atoms with E-state index in [1.54, 1.807) is 24.2 Å². The SMILES string of the molecule is CSc1cncc(C#CBr)n1. The second-order valence-corrected chi connectivity index (χ2v) is 2.89. The van der Waals surface area contributed by atoms with Gasteiger partial charge in [0.1, 0.15) is 10.7 Å². The fourth-order valence-electron chi connectivity index (χ4n) is 0.555. The van der Waals surface area contributed by atoms with Crippen molar-refractivity contribution in [2.24, 2.45) is 0 Å². The summed E-state index contributed by atoms with van der Waals surface area (Å²) >= 11 is 4.55. The van der Waals surface area contributed by atoms with Gasteiger partial charge in [0.05, 0.1) is 12.4 Å². The number of hydrogen-bond donors (Lipinski definition) is 0. The maximum absolute atomic E-state index is 4.18. The van der Waals surface area contributed by atoms with Gasteiger partial charge in [0.15, 0.2) is 0 Å². The van der Waals surface area contributed by atoms with E-state index >= 15 is 0 Å². The molecule has 0 unspecified atom stereocenters. The minimum Gasteiger partial charge on any atom is -0.259 e. The van der Waals surface area contributed by atoms with Gasteiger partial charge >= 0.3 is 0 Å². The Balaban J connectivity index is 2.97. The fourth-order valence-corrected chi connectivity index (χ4v) is 1.11. The molecule has 11 heavy (non-hydrogen) atoms. The van der Waals surface area contributed by atoms with Crippen LogP contribution in [0.1, 0.15) is 5.69 Å². The van der Waals surface area contributed by atoms with Gasteiger partial charge in [0, 0.05) is 15.9 Å². The summed E-state index contributed by atoms with van der Waals surface area (Å²) in [6.45, 7) is 0. The zero-order chi connectivity index (χ0) is 8.10. The summed E-state index contributed by atoms with van der Waals surface area (Å²) in [6, 6.07) is 0. The van der Waals surface area contributed by atoms with E-state index in [4.69, 9.17) is 0 Å². The number of halogens is 1. The van der Waals surface area contributed by atoms with Crippen LogP contribution in [0.25, 0.3) is 0 Å². The predicted molar refractivity (Wildman–Crippen MR) is 49.6 cm³/mol. The van der Waals surface area contributed by atoms with Crippen LogP contribution in [0.3, 0.4) is 0 Å². The lowest BCUT2D eigenvalue weighted by Crippen LogP contribution is -1.86. The molecule has 2 nitrogen and oxygen atoms in total. The molecule has 0 fully saturated rings. The summed E-state index contributed by atoms with van der Waals surface area (Å²) in [5, 5.41) is 0.887. The molecule has 0 saturated carbocycles. The van der Waals surface area contributed by atoms with Crippen molar-refractivity contribution in [1.82, 2.24) is 9.97 Å². The minimum atomic E-state index is 0.689. The molecular weight excluding hydrogens is 224 g/mol. The molecule has 4 heteroatoms. The molecule has 0 saturated heterocycles. The Morgan fingerprint density at radius 1 is 1.55 bits per heavy atom. The van der Waals surface area contributed by atoms with Crippen molar-refractivity contribution in [3.05, 3.63) is 18.1 Å². The van der Waals surface area contributed by atoms with E-state index in [9.17, 15) is 0 Å². The molecule has 0 aliphatic heterocycles. The van der Waals surface area contributed by atoms with Crippen molar-refractivity contribution in [1.29, 1.82) is 0 Å². The molecule has 0 aromatic carbocycles. The normalized spacial score (nSPS) is 8.55. The standard InChI is InChI=1S/C7H5BrN2S/c1-11-7-5-9-4-6(10-7)2-3-8/h4-5H,1H3. The van der Waals surface area contributed by atoms with E-state index in [0.717, 1.165) is 5.03 Å². The first-order valence-electron chi connectivity index (χ1n) is 2.84. The quantitative estimate of drug-likeness (QED) is 0.543. The fraction of sp³-hybridized carbons (Fsp3) is 0.143. The number of aromatic nitrogens is 2. The lowest BCUT2D eigenvalue weighted by atomic mass is 10.5. The van der Waals surface area contributed by atoms with Gasteiger partial charge in [0.25, 0.3) is 0 Å². The molecule has 1 aromatic rings. The third kappa shape index (κ3) is 2.52. The smallest absolute Gasteiger partial charge is 0.133 e. The van der Waals surface area contributed by atoms with E-state index in [2.05, 4.69) is 36.6 Å². The molecule has 0 N–H and O–H groups in total. The minimum absolute atomic E-state index is 0.689. The highest BCUT2D eigenvalue weighted by Crippen LogP contribution is 2.08. The highest BCUT2D eigenvalue weighted by Gasteiger charge is 1.92. The lowest BCUT2D eigenvalue weighted by Gasteiger charge is -1.92. The van der Waals surface area contributed by atoms with E-state index in [1.165, 1.54) is 0 Å². The van der Waals surface area contributed by atoms with Crippen LogP contribution in [0.15, 0.2) is 17.4 Å². The van der Waals surface area contributed by atoms with E-state index < -0.39 is 0 Å². The number of rotatable bonds is 1. The van der Waals surface area contributed by atoms with Crippen LogP contribution in [0.4, 0.5) is 0 Å². The largest absolute Gasteiger partial charge is 0.259 e. The molecule has 0 amide bonds.